The summed E-state index contributed by atoms with van der Waals surface area (Å²) >= 11 is 0. The van der Waals surface area contributed by atoms with Gasteiger partial charge in [0.15, 0.2) is 11.5 Å². The van der Waals surface area contributed by atoms with Crippen molar-refractivity contribution in [2.75, 3.05) is 14.2 Å². The molecule has 106 valence electrons. The first-order valence-corrected chi connectivity index (χ1v) is 6.53. The fourth-order valence-corrected chi connectivity index (χ4v) is 2.08. The minimum atomic E-state index is -0.503. The number of nitrogens with zero attached hydrogens (tertiary/aromatic N) is 1. The largest absolute Gasteiger partial charge is 0.493 e. The second-order valence-electron chi connectivity index (χ2n) is 4.53. The summed E-state index contributed by atoms with van der Waals surface area (Å²) in [5, 5.41) is 10.1. The first-order valence-electron chi connectivity index (χ1n) is 6.53. The molecule has 1 N–H and O–H groups in total. The van der Waals surface area contributed by atoms with E-state index < -0.39 is 6.10 Å². The molecule has 0 amide bonds. The fraction of sp³-hybridized carbons (Fsp3) is 0.312. The molecule has 0 saturated heterocycles. The van der Waals surface area contributed by atoms with E-state index in [0.29, 0.717) is 17.9 Å². The van der Waals surface area contributed by atoms with Gasteiger partial charge in [0.2, 0.25) is 0 Å². The summed E-state index contributed by atoms with van der Waals surface area (Å²) in [6.45, 7) is 0. The quantitative estimate of drug-likeness (QED) is 0.879. The number of aliphatic hydroxyl groups is 1. The van der Waals surface area contributed by atoms with E-state index in [4.69, 9.17) is 9.47 Å². The number of pyridine rings is 1. The highest BCUT2D eigenvalue weighted by atomic mass is 16.5. The zero-order valence-corrected chi connectivity index (χ0v) is 11.7. The number of rotatable bonds is 6. The van der Waals surface area contributed by atoms with Crippen LogP contribution in [-0.2, 0) is 6.42 Å². The molecule has 20 heavy (non-hydrogen) atoms. The van der Waals surface area contributed by atoms with E-state index in [-0.39, 0.29) is 0 Å². The second-order valence-corrected chi connectivity index (χ2v) is 4.53. The Kier molecular flexibility index (Phi) is 4.96. The maximum atomic E-state index is 10.1. The molecule has 2 rings (SSSR count). The van der Waals surface area contributed by atoms with Crippen LogP contribution in [0.25, 0.3) is 0 Å². The van der Waals surface area contributed by atoms with E-state index in [0.717, 1.165) is 17.5 Å². The third-order valence-electron chi connectivity index (χ3n) is 3.22. The Bertz CT molecular complexity index is 543. The summed E-state index contributed by atoms with van der Waals surface area (Å²) in [6.07, 6.45) is 4.29. The molecule has 1 unspecified atom stereocenters. The zero-order valence-electron chi connectivity index (χ0n) is 11.7. The molecule has 4 heteroatoms. The number of aliphatic hydroxyl groups excluding tert-OH is 1. The Hall–Kier alpha value is -2.07. The highest BCUT2D eigenvalue weighted by Crippen LogP contribution is 2.28. The van der Waals surface area contributed by atoms with Gasteiger partial charge in [-0.2, -0.15) is 0 Å². The van der Waals surface area contributed by atoms with Crippen molar-refractivity contribution >= 4 is 0 Å². The van der Waals surface area contributed by atoms with Gasteiger partial charge in [-0.1, -0.05) is 12.1 Å². The summed E-state index contributed by atoms with van der Waals surface area (Å²) in [4.78, 5) is 4.01. The molecule has 0 fully saturated rings. The minimum absolute atomic E-state index is 0.503. The van der Waals surface area contributed by atoms with E-state index in [9.17, 15) is 5.11 Å². The van der Waals surface area contributed by atoms with Crippen molar-refractivity contribution in [2.24, 2.45) is 0 Å². The molecular formula is C16H19NO3. The van der Waals surface area contributed by atoms with E-state index >= 15 is 0 Å². The molecule has 0 saturated carbocycles. The predicted molar refractivity (Wildman–Crippen MR) is 77.1 cm³/mol. The van der Waals surface area contributed by atoms with Crippen molar-refractivity contribution in [1.82, 2.24) is 4.98 Å². The van der Waals surface area contributed by atoms with Crippen molar-refractivity contribution in [3.05, 3.63) is 53.9 Å². The fourth-order valence-electron chi connectivity index (χ4n) is 2.08. The first kappa shape index (κ1) is 14.3. The van der Waals surface area contributed by atoms with Crippen molar-refractivity contribution in [3.8, 4) is 11.5 Å². The smallest absolute Gasteiger partial charge is 0.160 e. The Morgan fingerprint density at radius 1 is 1.15 bits per heavy atom. The topological polar surface area (TPSA) is 51.6 Å². The van der Waals surface area contributed by atoms with Crippen LogP contribution in [-0.4, -0.2) is 24.3 Å². The van der Waals surface area contributed by atoms with Gasteiger partial charge in [-0.15, -0.1) is 0 Å². The third kappa shape index (κ3) is 3.48. The average Bonchev–Trinajstić information content (AvgIpc) is 2.53. The summed E-state index contributed by atoms with van der Waals surface area (Å²) in [5.74, 6) is 1.42. The second kappa shape index (κ2) is 6.91. The number of methoxy groups -OCH3 is 2. The summed E-state index contributed by atoms with van der Waals surface area (Å²) in [6, 6.07) is 9.51. The highest BCUT2D eigenvalue weighted by molar-refractivity contribution is 5.42. The van der Waals surface area contributed by atoms with Gasteiger partial charge >= 0.3 is 0 Å². The lowest BCUT2D eigenvalue weighted by atomic mass is 10.0. The van der Waals surface area contributed by atoms with E-state index in [1.807, 2.05) is 30.3 Å². The van der Waals surface area contributed by atoms with Crippen LogP contribution in [0.5, 0.6) is 11.5 Å². The number of hydrogen-bond donors (Lipinski definition) is 1. The van der Waals surface area contributed by atoms with Crippen molar-refractivity contribution in [2.45, 2.75) is 18.9 Å². The van der Waals surface area contributed by atoms with Gasteiger partial charge in [0, 0.05) is 12.4 Å². The molecule has 0 radical (unpaired) electrons. The highest BCUT2D eigenvalue weighted by Gasteiger charge is 2.09. The van der Waals surface area contributed by atoms with E-state index in [1.54, 1.807) is 26.6 Å². The van der Waals surface area contributed by atoms with Crippen LogP contribution in [0.3, 0.4) is 0 Å². The van der Waals surface area contributed by atoms with Gasteiger partial charge in [-0.25, -0.2) is 0 Å². The standard InChI is InChI=1S/C16H19NO3/c1-19-15-8-6-12(10-16(15)20-2)5-7-14(18)13-4-3-9-17-11-13/h3-4,6,8-11,14,18H,5,7H2,1-2H3. The van der Waals surface area contributed by atoms with E-state index in [2.05, 4.69) is 4.98 Å². The first-order chi connectivity index (χ1) is 9.74. The SMILES string of the molecule is COc1ccc(CCC(O)c2cccnc2)cc1OC. The van der Waals surface area contributed by atoms with Gasteiger partial charge in [0.1, 0.15) is 0 Å². The number of benzene rings is 1. The number of ether oxygens (including phenoxy) is 2. The van der Waals surface area contributed by atoms with Crippen molar-refractivity contribution < 1.29 is 14.6 Å². The van der Waals surface area contributed by atoms with Crippen LogP contribution in [0.1, 0.15) is 23.7 Å². The van der Waals surface area contributed by atoms with Gasteiger partial charge < -0.3 is 14.6 Å². The molecule has 1 aromatic carbocycles. The maximum absolute atomic E-state index is 10.1. The normalized spacial score (nSPS) is 11.9. The summed E-state index contributed by atoms with van der Waals surface area (Å²) < 4.78 is 10.5. The number of hydrogen-bond acceptors (Lipinski definition) is 4. The van der Waals surface area contributed by atoms with Crippen molar-refractivity contribution in [3.63, 3.8) is 0 Å². The van der Waals surface area contributed by atoms with Gasteiger partial charge in [0.25, 0.3) is 0 Å². The third-order valence-corrected chi connectivity index (χ3v) is 3.22. The van der Waals surface area contributed by atoms with Crippen LogP contribution in [0.15, 0.2) is 42.7 Å². The average molecular weight is 273 g/mol. The lowest BCUT2D eigenvalue weighted by Crippen LogP contribution is -2.00. The van der Waals surface area contributed by atoms with Gasteiger partial charge in [-0.3, -0.25) is 4.98 Å². The van der Waals surface area contributed by atoms with Crippen LogP contribution < -0.4 is 9.47 Å². The maximum Gasteiger partial charge on any atom is 0.160 e. The van der Waals surface area contributed by atoms with Gasteiger partial charge in [-0.05, 0) is 42.2 Å². The van der Waals surface area contributed by atoms with Crippen LogP contribution >= 0.6 is 0 Å². The molecule has 0 aliphatic heterocycles. The molecular weight excluding hydrogens is 254 g/mol. The molecule has 1 atom stereocenters. The molecule has 4 nitrogen and oxygen atoms in total. The Labute approximate surface area is 119 Å². The zero-order chi connectivity index (χ0) is 14.4. The van der Waals surface area contributed by atoms with Crippen LogP contribution in [0, 0.1) is 0 Å². The summed E-state index contributed by atoms with van der Waals surface area (Å²) in [5.41, 5.74) is 1.94. The lowest BCUT2D eigenvalue weighted by molar-refractivity contribution is 0.167. The predicted octanol–water partition coefficient (Wildman–Crippen LogP) is 2.77. The molecule has 0 bridgehead atoms. The lowest BCUT2D eigenvalue weighted by Gasteiger charge is -2.12. The summed E-state index contributed by atoms with van der Waals surface area (Å²) in [7, 11) is 3.23. The molecule has 1 heterocycles. The molecule has 0 aliphatic rings. The van der Waals surface area contributed by atoms with Gasteiger partial charge in [0.05, 0.1) is 20.3 Å². The van der Waals surface area contributed by atoms with E-state index in [1.165, 1.54) is 0 Å². The number of aromatic nitrogens is 1. The molecule has 2 aromatic rings. The molecule has 0 aliphatic carbocycles. The number of aryl methyl sites for hydroxylation is 1. The molecule has 1 aromatic heterocycles. The Morgan fingerprint density at radius 3 is 2.60 bits per heavy atom. The Balaban J connectivity index is 2.00. The van der Waals surface area contributed by atoms with Crippen LogP contribution in [0.4, 0.5) is 0 Å². The monoisotopic (exact) mass is 273 g/mol. The molecule has 0 spiro atoms. The van der Waals surface area contributed by atoms with Crippen LogP contribution in [0.2, 0.25) is 0 Å². The Morgan fingerprint density at radius 2 is 1.95 bits per heavy atom. The minimum Gasteiger partial charge on any atom is -0.493 e. The van der Waals surface area contributed by atoms with Crippen molar-refractivity contribution in [1.29, 1.82) is 0 Å².